The molecular formula is C13H19BrN2O. The summed E-state index contributed by atoms with van der Waals surface area (Å²) in [5.41, 5.74) is 0.781. The first-order valence-electron chi connectivity index (χ1n) is 5.69. The van der Waals surface area contributed by atoms with Crippen LogP contribution >= 0.6 is 15.9 Å². The molecule has 1 aromatic heterocycles. The van der Waals surface area contributed by atoms with Crippen molar-refractivity contribution in [3.05, 3.63) is 28.5 Å². The maximum absolute atomic E-state index is 11.9. The molecule has 0 aliphatic heterocycles. The Kier molecular flexibility index (Phi) is 4.69. The Labute approximate surface area is 111 Å². The van der Waals surface area contributed by atoms with Gasteiger partial charge in [0, 0.05) is 23.4 Å². The third-order valence-corrected chi connectivity index (χ3v) is 3.45. The maximum Gasteiger partial charge on any atom is 0.252 e. The van der Waals surface area contributed by atoms with Crippen LogP contribution in [0.2, 0.25) is 0 Å². The van der Waals surface area contributed by atoms with Crippen LogP contribution in [0, 0.1) is 11.3 Å². The summed E-state index contributed by atoms with van der Waals surface area (Å²) < 4.78 is 0.814. The van der Waals surface area contributed by atoms with E-state index in [9.17, 15) is 4.79 Å². The standard InChI is InChI=1S/C13H19BrN2O/c1-9(13(2,3)4)6-16-12(17)10-5-11(14)8-15-7-10/h5,7-9H,6H2,1-4H3,(H,16,17). The van der Waals surface area contributed by atoms with Crippen molar-refractivity contribution in [2.75, 3.05) is 6.54 Å². The first-order chi connectivity index (χ1) is 7.80. The van der Waals surface area contributed by atoms with Gasteiger partial charge >= 0.3 is 0 Å². The van der Waals surface area contributed by atoms with Gasteiger partial charge in [0.15, 0.2) is 0 Å². The molecule has 0 spiro atoms. The smallest absolute Gasteiger partial charge is 0.252 e. The van der Waals surface area contributed by atoms with Crippen molar-refractivity contribution in [3.8, 4) is 0 Å². The van der Waals surface area contributed by atoms with Gasteiger partial charge in [-0.25, -0.2) is 0 Å². The molecule has 4 heteroatoms. The minimum absolute atomic E-state index is 0.0742. The Morgan fingerprint density at radius 2 is 2.12 bits per heavy atom. The first-order valence-corrected chi connectivity index (χ1v) is 6.49. The molecular weight excluding hydrogens is 280 g/mol. The molecule has 1 heterocycles. The average molecular weight is 299 g/mol. The zero-order valence-electron chi connectivity index (χ0n) is 10.7. The second-order valence-electron chi connectivity index (χ2n) is 5.37. The summed E-state index contributed by atoms with van der Waals surface area (Å²) in [4.78, 5) is 15.8. The number of rotatable bonds is 3. The van der Waals surface area contributed by atoms with E-state index in [1.807, 2.05) is 0 Å². The molecule has 1 atom stereocenters. The van der Waals surface area contributed by atoms with Gasteiger partial charge in [0.05, 0.1) is 5.56 Å². The molecule has 0 fully saturated rings. The lowest BCUT2D eigenvalue weighted by Crippen LogP contribution is -2.33. The molecule has 1 N–H and O–H groups in total. The average Bonchev–Trinajstić information content (AvgIpc) is 2.24. The fourth-order valence-corrected chi connectivity index (χ4v) is 1.55. The van der Waals surface area contributed by atoms with Gasteiger partial charge < -0.3 is 5.32 Å². The summed E-state index contributed by atoms with van der Waals surface area (Å²) in [6.07, 6.45) is 3.23. The molecule has 1 rings (SSSR count). The maximum atomic E-state index is 11.9. The topological polar surface area (TPSA) is 42.0 Å². The highest BCUT2D eigenvalue weighted by molar-refractivity contribution is 9.10. The summed E-state index contributed by atoms with van der Waals surface area (Å²) >= 11 is 3.30. The zero-order valence-corrected chi connectivity index (χ0v) is 12.3. The van der Waals surface area contributed by atoms with E-state index in [0.29, 0.717) is 18.0 Å². The zero-order chi connectivity index (χ0) is 13.1. The van der Waals surface area contributed by atoms with Gasteiger partial charge in [-0.2, -0.15) is 0 Å². The van der Waals surface area contributed by atoms with Crippen molar-refractivity contribution in [3.63, 3.8) is 0 Å². The highest BCUT2D eigenvalue weighted by Gasteiger charge is 2.20. The lowest BCUT2D eigenvalue weighted by Gasteiger charge is -2.27. The van der Waals surface area contributed by atoms with Crippen LogP contribution < -0.4 is 5.32 Å². The van der Waals surface area contributed by atoms with Crippen molar-refractivity contribution in [1.82, 2.24) is 10.3 Å². The predicted molar refractivity (Wildman–Crippen MR) is 72.9 cm³/mol. The minimum Gasteiger partial charge on any atom is -0.352 e. The van der Waals surface area contributed by atoms with Crippen LogP contribution in [0.5, 0.6) is 0 Å². The third-order valence-electron chi connectivity index (χ3n) is 3.01. The van der Waals surface area contributed by atoms with E-state index in [0.717, 1.165) is 4.47 Å². The molecule has 0 saturated heterocycles. The Hall–Kier alpha value is -0.900. The molecule has 1 unspecified atom stereocenters. The van der Waals surface area contributed by atoms with Gasteiger partial charge in [-0.3, -0.25) is 9.78 Å². The highest BCUT2D eigenvalue weighted by Crippen LogP contribution is 2.24. The number of carbonyl (C=O) groups excluding carboxylic acids is 1. The van der Waals surface area contributed by atoms with Crippen molar-refractivity contribution >= 4 is 21.8 Å². The van der Waals surface area contributed by atoms with E-state index in [2.05, 4.69) is 53.9 Å². The molecule has 0 saturated carbocycles. The van der Waals surface area contributed by atoms with Gasteiger partial charge in [-0.15, -0.1) is 0 Å². The predicted octanol–water partition coefficient (Wildman–Crippen LogP) is 3.26. The number of nitrogens with one attached hydrogen (secondary N) is 1. The van der Waals surface area contributed by atoms with Gasteiger partial charge in [0.25, 0.3) is 5.91 Å². The summed E-state index contributed by atoms with van der Waals surface area (Å²) in [7, 11) is 0. The van der Waals surface area contributed by atoms with Crippen LogP contribution in [0.25, 0.3) is 0 Å². The molecule has 0 aromatic carbocycles. The van der Waals surface area contributed by atoms with Gasteiger partial charge in [0.2, 0.25) is 0 Å². The Morgan fingerprint density at radius 3 is 2.65 bits per heavy atom. The number of hydrogen-bond donors (Lipinski definition) is 1. The van der Waals surface area contributed by atoms with Crippen LogP contribution in [0.1, 0.15) is 38.1 Å². The Balaban J connectivity index is 2.57. The molecule has 94 valence electrons. The number of nitrogens with zero attached hydrogens (tertiary/aromatic N) is 1. The van der Waals surface area contributed by atoms with Crippen molar-refractivity contribution in [1.29, 1.82) is 0 Å². The Bertz CT molecular complexity index is 399. The van der Waals surface area contributed by atoms with Crippen LogP contribution in [-0.2, 0) is 0 Å². The lowest BCUT2D eigenvalue weighted by molar-refractivity contribution is 0.0936. The monoisotopic (exact) mass is 298 g/mol. The first kappa shape index (κ1) is 14.2. The summed E-state index contributed by atoms with van der Waals surface area (Å²) in [6.45, 7) is 9.33. The molecule has 1 aromatic rings. The summed E-state index contributed by atoms with van der Waals surface area (Å²) in [6, 6.07) is 1.77. The van der Waals surface area contributed by atoms with Crippen molar-refractivity contribution in [2.24, 2.45) is 11.3 Å². The van der Waals surface area contributed by atoms with E-state index in [4.69, 9.17) is 0 Å². The van der Waals surface area contributed by atoms with Crippen molar-refractivity contribution in [2.45, 2.75) is 27.7 Å². The SMILES string of the molecule is CC(CNC(=O)c1cncc(Br)c1)C(C)(C)C. The second kappa shape index (κ2) is 5.63. The number of hydrogen-bond acceptors (Lipinski definition) is 2. The summed E-state index contributed by atoms with van der Waals surface area (Å²) in [5, 5.41) is 2.93. The number of aromatic nitrogens is 1. The molecule has 0 aliphatic carbocycles. The fourth-order valence-electron chi connectivity index (χ4n) is 1.19. The van der Waals surface area contributed by atoms with E-state index < -0.39 is 0 Å². The van der Waals surface area contributed by atoms with Gasteiger partial charge in [-0.05, 0) is 33.3 Å². The minimum atomic E-state index is -0.0742. The van der Waals surface area contributed by atoms with Crippen LogP contribution in [0.15, 0.2) is 22.9 Å². The van der Waals surface area contributed by atoms with Crippen LogP contribution in [-0.4, -0.2) is 17.4 Å². The van der Waals surface area contributed by atoms with Gasteiger partial charge in [-0.1, -0.05) is 27.7 Å². The van der Waals surface area contributed by atoms with E-state index in [1.54, 1.807) is 18.5 Å². The largest absolute Gasteiger partial charge is 0.352 e. The van der Waals surface area contributed by atoms with Gasteiger partial charge in [0.1, 0.15) is 0 Å². The number of halogens is 1. The number of amides is 1. The quantitative estimate of drug-likeness (QED) is 0.931. The number of pyridine rings is 1. The number of carbonyl (C=O) groups is 1. The summed E-state index contributed by atoms with van der Waals surface area (Å²) in [5.74, 6) is 0.349. The molecule has 0 radical (unpaired) electrons. The van der Waals surface area contributed by atoms with Crippen LogP contribution in [0.3, 0.4) is 0 Å². The lowest BCUT2D eigenvalue weighted by atomic mass is 9.82. The van der Waals surface area contributed by atoms with Crippen LogP contribution in [0.4, 0.5) is 0 Å². The highest BCUT2D eigenvalue weighted by atomic mass is 79.9. The fraction of sp³-hybridized carbons (Fsp3) is 0.538. The molecule has 0 aliphatic rings. The second-order valence-corrected chi connectivity index (χ2v) is 6.28. The molecule has 17 heavy (non-hydrogen) atoms. The molecule has 0 bridgehead atoms. The van der Waals surface area contributed by atoms with E-state index in [-0.39, 0.29) is 11.3 Å². The third kappa shape index (κ3) is 4.46. The van der Waals surface area contributed by atoms with Crippen molar-refractivity contribution < 1.29 is 4.79 Å². The molecule has 3 nitrogen and oxygen atoms in total. The van der Waals surface area contributed by atoms with E-state index in [1.165, 1.54) is 0 Å². The Morgan fingerprint density at radius 1 is 1.47 bits per heavy atom. The normalized spacial score (nSPS) is 13.2. The van der Waals surface area contributed by atoms with E-state index >= 15 is 0 Å². The molecule has 1 amide bonds.